The van der Waals surface area contributed by atoms with Crippen LogP contribution < -0.4 is 4.74 Å². The first-order valence-corrected chi connectivity index (χ1v) is 5.90. The van der Waals surface area contributed by atoms with Crippen LogP contribution in [0.2, 0.25) is 0 Å². The molecule has 1 aliphatic rings. The van der Waals surface area contributed by atoms with E-state index < -0.39 is 0 Å². The molecule has 1 saturated carbocycles. The van der Waals surface area contributed by atoms with Gasteiger partial charge in [-0.2, -0.15) is 5.26 Å². The van der Waals surface area contributed by atoms with Crippen molar-refractivity contribution < 1.29 is 9.53 Å². The lowest BCUT2D eigenvalue weighted by atomic mass is 9.80. The number of ketones is 1. The SMILES string of the molecule is COc1ccc(C=C(C#N)C(=O)C2CCC2)cn1. The second-order valence-electron chi connectivity index (χ2n) is 4.30. The van der Waals surface area contributed by atoms with Crippen LogP contribution in [0.3, 0.4) is 0 Å². The van der Waals surface area contributed by atoms with Crippen molar-refractivity contribution in [2.75, 3.05) is 7.11 Å². The molecule has 0 spiro atoms. The third-order valence-corrected chi connectivity index (χ3v) is 3.14. The molecule has 0 aliphatic heterocycles. The van der Waals surface area contributed by atoms with Crippen LogP contribution in [-0.4, -0.2) is 17.9 Å². The zero-order chi connectivity index (χ0) is 13.0. The van der Waals surface area contributed by atoms with Crippen LogP contribution in [0.15, 0.2) is 23.9 Å². The molecule has 1 aromatic heterocycles. The van der Waals surface area contributed by atoms with Gasteiger partial charge in [0, 0.05) is 18.2 Å². The molecule has 0 amide bonds. The van der Waals surface area contributed by atoms with Gasteiger partial charge in [-0.3, -0.25) is 4.79 Å². The normalized spacial score (nSPS) is 15.7. The van der Waals surface area contributed by atoms with Gasteiger partial charge in [-0.05, 0) is 30.5 Å². The number of rotatable bonds is 4. The molecule has 0 radical (unpaired) electrons. The van der Waals surface area contributed by atoms with Crippen LogP contribution in [0.4, 0.5) is 0 Å². The Bertz CT molecular complexity index is 508. The lowest BCUT2D eigenvalue weighted by molar-refractivity contribution is -0.120. The molecule has 0 unspecified atom stereocenters. The summed E-state index contributed by atoms with van der Waals surface area (Å²) in [6, 6.07) is 5.46. The van der Waals surface area contributed by atoms with Crippen LogP contribution in [0.1, 0.15) is 24.8 Å². The molecule has 0 atom stereocenters. The minimum atomic E-state index is -0.0421. The number of nitriles is 1. The molecule has 1 aromatic rings. The molecule has 4 heteroatoms. The number of aromatic nitrogens is 1. The van der Waals surface area contributed by atoms with E-state index in [1.807, 2.05) is 6.07 Å². The summed E-state index contributed by atoms with van der Waals surface area (Å²) < 4.78 is 4.95. The maximum atomic E-state index is 11.9. The standard InChI is InChI=1S/C14H14N2O2/c1-18-13-6-5-10(9-16-13)7-12(8-15)14(17)11-3-2-4-11/h5-7,9,11H,2-4H2,1H3. The predicted octanol–water partition coefficient (Wildman–Crippen LogP) is 2.37. The second-order valence-corrected chi connectivity index (χ2v) is 4.30. The molecular weight excluding hydrogens is 228 g/mol. The first kappa shape index (κ1) is 12.3. The van der Waals surface area contributed by atoms with Gasteiger partial charge < -0.3 is 4.74 Å². The number of allylic oxidation sites excluding steroid dienone is 1. The fraction of sp³-hybridized carbons (Fsp3) is 0.357. The summed E-state index contributed by atoms with van der Waals surface area (Å²) in [4.78, 5) is 16.0. The minimum absolute atomic E-state index is 0.0421. The number of hydrogen-bond donors (Lipinski definition) is 0. The van der Waals surface area contributed by atoms with E-state index in [1.54, 1.807) is 31.5 Å². The van der Waals surface area contributed by atoms with E-state index in [2.05, 4.69) is 4.98 Å². The van der Waals surface area contributed by atoms with Crippen LogP contribution >= 0.6 is 0 Å². The topological polar surface area (TPSA) is 63.0 Å². The molecule has 2 rings (SSSR count). The van der Waals surface area contributed by atoms with Gasteiger partial charge in [0.25, 0.3) is 0 Å². The Hall–Kier alpha value is -2.15. The lowest BCUT2D eigenvalue weighted by Gasteiger charge is -2.23. The fourth-order valence-electron chi connectivity index (χ4n) is 1.81. The first-order valence-electron chi connectivity index (χ1n) is 5.90. The maximum Gasteiger partial charge on any atom is 0.212 e. The molecule has 18 heavy (non-hydrogen) atoms. The van der Waals surface area contributed by atoms with Crippen LogP contribution in [0.5, 0.6) is 5.88 Å². The summed E-state index contributed by atoms with van der Waals surface area (Å²) in [5.74, 6) is 0.512. The highest BCUT2D eigenvalue weighted by molar-refractivity contribution is 6.04. The maximum absolute atomic E-state index is 11.9. The summed E-state index contributed by atoms with van der Waals surface area (Å²) in [5.41, 5.74) is 0.951. The number of pyridine rings is 1. The van der Waals surface area contributed by atoms with Crippen molar-refractivity contribution in [2.24, 2.45) is 5.92 Å². The van der Waals surface area contributed by atoms with Gasteiger partial charge in [-0.15, -0.1) is 0 Å². The zero-order valence-electron chi connectivity index (χ0n) is 10.2. The van der Waals surface area contributed by atoms with Gasteiger partial charge in [0.1, 0.15) is 6.07 Å². The van der Waals surface area contributed by atoms with Gasteiger partial charge in [0.15, 0.2) is 5.78 Å². The molecule has 1 fully saturated rings. The van der Waals surface area contributed by atoms with Crippen molar-refractivity contribution in [3.63, 3.8) is 0 Å². The Kier molecular flexibility index (Phi) is 3.73. The zero-order valence-corrected chi connectivity index (χ0v) is 10.2. The minimum Gasteiger partial charge on any atom is -0.481 e. The monoisotopic (exact) mass is 242 g/mol. The van der Waals surface area contributed by atoms with Crippen LogP contribution in [0, 0.1) is 17.2 Å². The van der Waals surface area contributed by atoms with E-state index >= 15 is 0 Å². The van der Waals surface area contributed by atoms with Crippen molar-refractivity contribution in [1.29, 1.82) is 5.26 Å². The molecule has 0 N–H and O–H groups in total. The number of carbonyl (C=O) groups is 1. The Morgan fingerprint density at radius 1 is 1.56 bits per heavy atom. The molecule has 4 nitrogen and oxygen atoms in total. The summed E-state index contributed by atoms with van der Waals surface area (Å²) in [5, 5.41) is 9.04. The number of methoxy groups -OCH3 is 1. The largest absolute Gasteiger partial charge is 0.481 e. The van der Waals surface area contributed by atoms with Gasteiger partial charge >= 0.3 is 0 Å². The summed E-state index contributed by atoms with van der Waals surface area (Å²) in [6.07, 6.45) is 6.06. The molecule has 1 heterocycles. The Balaban J connectivity index is 2.17. The van der Waals surface area contributed by atoms with E-state index in [0.29, 0.717) is 5.88 Å². The first-order chi connectivity index (χ1) is 8.74. The van der Waals surface area contributed by atoms with Gasteiger partial charge in [-0.1, -0.05) is 6.42 Å². The fourth-order valence-corrected chi connectivity index (χ4v) is 1.81. The molecular formula is C14H14N2O2. The predicted molar refractivity (Wildman–Crippen MR) is 66.7 cm³/mol. The molecule has 0 saturated heterocycles. The third kappa shape index (κ3) is 2.57. The third-order valence-electron chi connectivity index (χ3n) is 3.14. The quantitative estimate of drug-likeness (QED) is 0.600. The van der Waals surface area contributed by atoms with Crippen molar-refractivity contribution in [2.45, 2.75) is 19.3 Å². The Labute approximate surface area is 106 Å². The second kappa shape index (κ2) is 5.46. The van der Waals surface area contributed by atoms with Crippen molar-refractivity contribution >= 4 is 11.9 Å². The smallest absolute Gasteiger partial charge is 0.212 e. The Morgan fingerprint density at radius 3 is 2.78 bits per heavy atom. The van der Waals surface area contributed by atoms with E-state index in [1.165, 1.54) is 0 Å². The average molecular weight is 242 g/mol. The van der Waals surface area contributed by atoms with Gasteiger partial charge in [0.2, 0.25) is 5.88 Å². The van der Waals surface area contributed by atoms with Crippen LogP contribution in [0.25, 0.3) is 6.08 Å². The number of hydrogen-bond acceptors (Lipinski definition) is 4. The van der Waals surface area contributed by atoms with Crippen LogP contribution in [-0.2, 0) is 4.79 Å². The highest BCUT2D eigenvalue weighted by atomic mass is 16.5. The summed E-state index contributed by atoms with van der Waals surface area (Å²) in [6.45, 7) is 0. The molecule has 92 valence electrons. The Morgan fingerprint density at radius 2 is 2.33 bits per heavy atom. The van der Waals surface area contributed by atoms with Gasteiger partial charge in [-0.25, -0.2) is 4.98 Å². The highest BCUT2D eigenvalue weighted by Gasteiger charge is 2.27. The van der Waals surface area contributed by atoms with Gasteiger partial charge in [0.05, 0.1) is 12.7 Å². The summed E-state index contributed by atoms with van der Waals surface area (Å²) >= 11 is 0. The highest BCUT2D eigenvalue weighted by Crippen LogP contribution is 2.29. The number of Topliss-reactive ketones (excluding diaryl/α,β-unsaturated/α-hetero) is 1. The number of ether oxygens (including phenoxy) is 1. The molecule has 0 aromatic carbocycles. The number of nitrogens with zero attached hydrogens (tertiary/aromatic N) is 2. The molecule has 1 aliphatic carbocycles. The van der Waals surface area contributed by atoms with Crippen molar-refractivity contribution in [3.8, 4) is 11.9 Å². The van der Waals surface area contributed by atoms with Crippen molar-refractivity contribution in [1.82, 2.24) is 4.98 Å². The molecule has 0 bridgehead atoms. The van der Waals surface area contributed by atoms with E-state index in [-0.39, 0.29) is 17.3 Å². The van der Waals surface area contributed by atoms with Crippen molar-refractivity contribution in [3.05, 3.63) is 29.5 Å². The van der Waals surface area contributed by atoms with E-state index in [4.69, 9.17) is 10.00 Å². The number of carbonyl (C=O) groups excluding carboxylic acids is 1. The van der Waals surface area contributed by atoms with E-state index in [9.17, 15) is 4.79 Å². The van der Waals surface area contributed by atoms with E-state index in [0.717, 1.165) is 24.8 Å². The average Bonchev–Trinajstić information content (AvgIpc) is 2.34. The summed E-state index contributed by atoms with van der Waals surface area (Å²) in [7, 11) is 1.54. The lowest BCUT2D eigenvalue weighted by Crippen LogP contribution is -2.22.